The number of hydrogen-bond donors (Lipinski definition) is 0. The molecule has 0 unspecified atom stereocenters. The Kier molecular flexibility index (Phi) is 5.56. The van der Waals surface area contributed by atoms with Crippen molar-refractivity contribution in [1.29, 1.82) is 0 Å². The third kappa shape index (κ3) is 4.70. The van der Waals surface area contributed by atoms with Crippen LogP contribution in [0.2, 0.25) is 0 Å². The van der Waals surface area contributed by atoms with Crippen LogP contribution < -0.4 is 0 Å². The maximum Gasteiger partial charge on any atom is 0.148 e. The Morgan fingerprint density at radius 2 is 2.36 bits per heavy atom. The summed E-state index contributed by atoms with van der Waals surface area (Å²) in [5.74, 6) is 0.721. The molecule has 3 nitrogen and oxygen atoms in total. The van der Waals surface area contributed by atoms with Crippen LogP contribution in [0.1, 0.15) is 38.4 Å². The Bertz CT molecular complexity index is 242. The molecule has 1 aromatic heterocycles. The summed E-state index contributed by atoms with van der Waals surface area (Å²) < 4.78 is 5.05. The number of furan rings is 1. The molecule has 3 heteroatoms. The maximum atomic E-state index is 5.06. The van der Waals surface area contributed by atoms with Gasteiger partial charge in [0, 0.05) is 0 Å². The van der Waals surface area contributed by atoms with Crippen molar-refractivity contribution in [3.8, 4) is 0 Å². The molecular formula is C11H17NO2. The smallest absolute Gasteiger partial charge is 0.148 e. The van der Waals surface area contributed by atoms with Crippen LogP contribution in [0.5, 0.6) is 0 Å². The van der Waals surface area contributed by atoms with Crippen LogP contribution in [0.25, 0.3) is 0 Å². The van der Waals surface area contributed by atoms with Gasteiger partial charge in [-0.2, -0.15) is 0 Å². The standard InChI is InChI=1S/C11H17NO2/c1-2-3-4-5-9-14-12-10-11-7-6-8-13-11/h6-8,10H,2-5,9H2,1H3/b12-10+. The third-order valence-corrected chi connectivity index (χ3v) is 1.89. The summed E-state index contributed by atoms with van der Waals surface area (Å²) in [4.78, 5) is 5.06. The normalized spacial score (nSPS) is 10.9. The Morgan fingerprint density at radius 1 is 1.43 bits per heavy atom. The highest BCUT2D eigenvalue weighted by Crippen LogP contribution is 1.99. The molecule has 0 aliphatic heterocycles. The fourth-order valence-corrected chi connectivity index (χ4v) is 1.10. The third-order valence-electron chi connectivity index (χ3n) is 1.89. The summed E-state index contributed by atoms with van der Waals surface area (Å²) in [6.45, 7) is 2.88. The lowest BCUT2D eigenvalue weighted by Gasteiger charge is -1.97. The summed E-state index contributed by atoms with van der Waals surface area (Å²) in [5, 5.41) is 3.79. The second-order valence-corrected chi connectivity index (χ2v) is 3.14. The van der Waals surface area contributed by atoms with E-state index in [1.807, 2.05) is 12.1 Å². The van der Waals surface area contributed by atoms with E-state index in [1.54, 1.807) is 12.5 Å². The van der Waals surface area contributed by atoms with Gasteiger partial charge in [-0.25, -0.2) is 0 Å². The number of hydrogen-bond acceptors (Lipinski definition) is 3. The van der Waals surface area contributed by atoms with Gasteiger partial charge >= 0.3 is 0 Å². The van der Waals surface area contributed by atoms with E-state index in [4.69, 9.17) is 9.25 Å². The van der Waals surface area contributed by atoms with Gasteiger partial charge in [0.2, 0.25) is 0 Å². The molecule has 0 aromatic carbocycles. The van der Waals surface area contributed by atoms with Gasteiger partial charge in [0.25, 0.3) is 0 Å². The molecule has 78 valence electrons. The van der Waals surface area contributed by atoms with Crippen LogP contribution in [0, 0.1) is 0 Å². The second-order valence-electron chi connectivity index (χ2n) is 3.14. The Morgan fingerprint density at radius 3 is 3.07 bits per heavy atom. The zero-order chi connectivity index (χ0) is 10.1. The highest BCUT2D eigenvalue weighted by atomic mass is 16.6. The molecule has 0 radical (unpaired) electrons. The van der Waals surface area contributed by atoms with E-state index < -0.39 is 0 Å². The zero-order valence-electron chi connectivity index (χ0n) is 8.61. The minimum absolute atomic E-state index is 0.692. The monoisotopic (exact) mass is 195 g/mol. The molecule has 0 aliphatic rings. The molecule has 1 heterocycles. The lowest BCUT2D eigenvalue weighted by atomic mass is 10.2. The van der Waals surface area contributed by atoms with E-state index in [9.17, 15) is 0 Å². The van der Waals surface area contributed by atoms with Crippen molar-refractivity contribution in [3.63, 3.8) is 0 Å². The lowest BCUT2D eigenvalue weighted by Crippen LogP contribution is -1.88. The molecular weight excluding hydrogens is 178 g/mol. The van der Waals surface area contributed by atoms with E-state index in [-0.39, 0.29) is 0 Å². The number of oxime groups is 1. The van der Waals surface area contributed by atoms with Crippen molar-refractivity contribution >= 4 is 6.21 Å². The Hall–Kier alpha value is -1.25. The van der Waals surface area contributed by atoms with E-state index in [1.165, 1.54) is 19.3 Å². The molecule has 1 rings (SSSR count). The van der Waals surface area contributed by atoms with Gasteiger partial charge in [-0.15, -0.1) is 0 Å². The molecule has 0 spiro atoms. The summed E-state index contributed by atoms with van der Waals surface area (Å²) >= 11 is 0. The Labute approximate surface area is 84.7 Å². The van der Waals surface area contributed by atoms with Crippen molar-refractivity contribution in [1.82, 2.24) is 0 Å². The fraction of sp³-hybridized carbons (Fsp3) is 0.545. The van der Waals surface area contributed by atoms with Crippen LogP contribution in [0.3, 0.4) is 0 Å². The van der Waals surface area contributed by atoms with Gasteiger partial charge in [0.05, 0.1) is 6.26 Å². The SMILES string of the molecule is CCCCCCO/N=C/c1ccco1. The highest BCUT2D eigenvalue weighted by Gasteiger charge is 1.89. The van der Waals surface area contributed by atoms with E-state index >= 15 is 0 Å². The van der Waals surface area contributed by atoms with Crippen molar-refractivity contribution in [2.24, 2.45) is 5.16 Å². The van der Waals surface area contributed by atoms with Crippen molar-refractivity contribution < 1.29 is 9.25 Å². The van der Waals surface area contributed by atoms with Crippen LogP contribution >= 0.6 is 0 Å². The van der Waals surface area contributed by atoms with Gasteiger partial charge in [-0.3, -0.25) is 0 Å². The first-order valence-corrected chi connectivity index (χ1v) is 5.12. The second kappa shape index (κ2) is 7.18. The topological polar surface area (TPSA) is 34.7 Å². The molecule has 0 bridgehead atoms. The number of rotatable bonds is 7. The summed E-state index contributed by atoms with van der Waals surface area (Å²) in [6.07, 6.45) is 8.00. The predicted octanol–water partition coefficient (Wildman–Crippen LogP) is 3.21. The number of nitrogens with zero attached hydrogens (tertiary/aromatic N) is 1. The molecule has 0 fully saturated rings. The highest BCUT2D eigenvalue weighted by molar-refractivity contribution is 5.74. The minimum atomic E-state index is 0.692. The molecule has 0 saturated carbocycles. The Balaban J connectivity index is 1.98. The molecule has 0 saturated heterocycles. The molecule has 1 aromatic rings. The average molecular weight is 195 g/mol. The van der Waals surface area contributed by atoms with Crippen molar-refractivity contribution in [2.45, 2.75) is 32.6 Å². The van der Waals surface area contributed by atoms with Gasteiger partial charge in [-0.05, 0) is 25.0 Å². The number of unbranched alkanes of at least 4 members (excludes halogenated alkanes) is 3. The summed E-state index contributed by atoms with van der Waals surface area (Å²) in [5.41, 5.74) is 0. The maximum absolute atomic E-state index is 5.06. The molecule has 0 aliphatic carbocycles. The molecule has 0 atom stereocenters. The first kappa shape index (κ1) is 10.8. The van der Waals surface area contributed by atoms with Gasteiger partial charge in [0.15, 0.2) is 0 Å². The van der Waals surface area contributed by atoms with Gasteiger partial charge < -0.3 is 9.25 Å². The van der Waals surface area contributed by atoms with E-state index in [2.05, 4.69) is 12.1 Å². The molecule has 0 N–H and O–H groups in total. The minimum Gasteiger partial charge on any atom is -0.463 e. The van der Waals surface area contributed by atoms with Crippen molar-refractivity contribution in [2.75, 3.05) is 6.61 Å². The molecule has 0 amide bonds. The van der Waals surface area contributed by atoms with Crippen molar-refractivity contribution in [3.05, 3.63) is 24.2 Å². The first-order chi connectivity index (χ1) is 6.93. The summed E-state index contributed by atoms with van der Waals surface area (Å²) in [6, 6.07) is 3.66. The van der Waals surface area contributed by atoms with E-state index in [0.29, 0.717) is 6.61 Å². The first-order valence-electron chi connectivity index (χ1n) is 5.12. The van der Waals surface area contributed by atoms with Gasteiger partial charge in [-0.1, -0.05) is 24.9 Å². The van der Waals surface area contributed by atoms with Gasteiger partial charge in [0.1, 0.15) is 18.6 Å². The summed E-state index contributed by atoms with van der Waals surface area (Å²) in [7, 11) is 0. The average Bonchev–Trinajstić information content (AvgIpc) is 2.69. The molecule has 14 heavy (non-hydrogen) atoms. The fourth-order valence-electron chi connectivity index (χ4n) is 1.10. The quantitative estimate of drug-likeness (QED) is 0.380. The van der Waals surface area contributed by atoms with Crippen LogP contribution in [-0.2, 0) is 4.84 Å². The predicted molar refractivity (Wildman–Crippen MR) is 56.4 cm³/mol. The lowest BCUT2D eigenvalue weighted by molar-refractivity contribution is 0.141. The van der Waals surface area contributed by atoms with E-state index in [0.717, 1.165) is 12.2 Å². The van der Waals surface area contributed by atoms with Crippen LogP contribution in [-0.4, -0.2) is 12.8 Å². The zero-order valence-corrected chi connectivity index (χ0v) is 8.61. The van der Waals surface area contributed by atoms with Crippen LogP contribution in [0.15, 0.2) is 28.0 Å². The largest absolute Gasteiger partial charge is 0.463 e. The van der Waals surface area contributed by atoms with Crippen LogP contribution in [0.4, 0.5) is 0 Å².